The molecule has 0 atom stereocenters. The number of ether oxygens (including phenoxy) is 1. The van der Waals surface area contributed by atoms with E-state index in [1.54, 1.807) is 0 Å². The van der Waals surface area contributed by atoms with Gasteiger partial charge in [0.2, 0.25) is 0 Å². The van der Waals surface area contributed by atoms with Gasteiger partial charge in [-0.2, -0.15) is 0 Å². The highest BCUT2D eigenvalue weighted by atomic mass is 16.5. The molecule has 1 saturated carbocycles. The average Bonchev–Trinajstić information content (AvgIpc) is 2.79. The molecule has 0 saturated heterocycles. The maximum atomic E-state index is 6.01. The third kappa shape index (κ3) is 3.97. The smallest absolute Gasteiger partial charge is 0.120 e. The summed E-state index contributed by atoms with van der Waals surface area (Å²) in [4.78, 5) is 0. The number of hydrogen-bond acceptors (Lipinski definition) is 2. The summed E-state index contributed by atoms with van der Waals surface area (Å²) in [5, 5.41) is 0. The second-order valence-electron chi connectivity index (χ2n) is 6.95. The normalized spacial score (nSPS) is 18.5. The van der Waals surface area contributed by atoms with Crippen molar-refractivity contribution in [3.63, 3.8) is 0 Å². The Morgan fingerprint density at radius 1 is 1.11 bits per heavy atom. The highest BCUT2D eigenvalue weighted by Crippen LogP contribution is 2.40. The minimum atomic E-state index is -0.133. The topological polar surface area (TPSA) is 35.2 Å². The van der Waals surface area contributed by atoms with Crippen molar-refractivity contribution in [1.29, 1.82) is 0 Å². The van der Waals surface area contributed by atoms with E-state index in [1.165, 1.54) is 31.2 Å². The lowest BCUT2D eigenvalue weighted by Gasteiger charge is -2.27. The molecule has 0 spiro atoms. The van der Waals surface area contributed by atoms with Crippen LogP contribution in [0.3, 0.4) is 0 Å². The van der Waals surface area contributed by atoms with E-state index in [2.05, 4.69) is 45.0 Å². The molecule has 106 valence electrons. The first kappa shape index (κ1) is 14.4. The molecule has 2 heteroatoms. The van der Waals surface area contributed by atoms with Gasteiger partial charge < -0.3 is 10.5 Å². The van der Waals surface area contributed by atoms with Gasteiger partial charge in [0.25, 0.3) is 0 Å². The molecule has 1 fully saturated rings. The third-order valence-electron chi connectivity index (χ3n) is 4.02. The lowest BCUT2D eigenvalue weighted by Crippen LogP contribution is -2.29. The van der Waals surface area contributed by atoms with Gasteiger partial charge in [-0.25, -0.2) is 0 Å². The SMILES string of the molecule is CC(C)(C)Oc1ccc(CC2(CN)CCCC2)cc1. The fourth-order valence-corrected chi connectivity index (χ4v) is 3.04. The van der Waals surface area contributed by atoms with Crippen molar-refractivity contribution in [2.24, 2.45) is 11.1 Å². The molecule has 2 N–H and O–H groups in total. The monoisotopic (exact) mass is 261 g/mol. The molecular weight excluding hydrogens is 234 g/mol. The summed E-state index contributed by atoms with van der Waals surface area (Å²) >= 11 is 0. The summed E-state index contributed by atoms with van der Waals surface area (Å²) in [6.07, 6.45) is 6.34. The van der Waals surface area contributed by atoms with Gasteiger partial charge in [0, 0.05) is 0 Å². The number of rotatable bonds is 4. The Kier molecular flexibility index (Phi) is 4.19. The molecule has 0 amide bonds. The summed E-state index contributed by atoms with van der Waals surface area (Å²) in [7, 11) is 0. The van der Waals surface area contributed by atoms with Crippen LogP contribution in [0.2, 0.25) is 0 Å². The van der Waals surface area contributed by atoms with Crippen molar-refractivity contribution in [1.82, 2.24) is 0 Å². The van der Waals surface area contributed by atoms with Crippen molar-refractivity contribution in [2.45, 2.75) is 58.5 Å². The largest absolute Gasteiger partial charge is 0.488 e. The van der Waals surface area contributed by atoms with E-state index in [4.69, 9.17) is 10.5 Å². The van der Waals surface area contributed by atoms with Crippen molar-refractivity contribution in [2.75, 3.05) is 6.54 Å². The summed E-state index contributed by atoms with van der Waals surface area (Å²) in [5.41, 5.74) is 7.61. The average molecular weight is 261 g/mol. The van der Waals surface area contributed by atoms with Crippen LogP contribution in [0.15, 0.2) is 24.3 Å². The van der Waals surface area contributed by atoms with Gasteiger partial charge in [0.1, 0.15) is 11.4 Å². The molecule has 1 aliphatic rings. The van der Waals surface area contributed by atoms with E-state index < -0.39 is 0 Å². The van der Waals surface area contributed by atoms with Crippen LogP contribution in [0.4, 0.5) is 0 Å². The van der Waals surface area contributed by atoms with E-state index >= 15 is 0 Å². The zero-order chi connectivity index (χ0) is 13.9. The van der Waals surface area contributed by atoms with Gasteiger partial charge in [-0.3, -0.25) is 0 Å². The van der Waals surface area contributed by atoms with Gasteiger partial charge in [-0.05, 0) is 69.7 Å². The van der Waals surface area contributed by atoms with Gasteiger partial charge in [0.15, 0.2) is 0 Å². The van der Waals surface area contributed by atoms with Crippen LogP contribution in [0, 0.1) is 5.41 Å². The predicted octanol–water partition coefficient (Wildman–Crippen LogP) is 3.93. The lowest BCUT2D eigenvalue weighted by atomic mass is 9.80. The van der Waals surface area contributed by atoms with Crippen LogP contribution in [0.5, 0.6) is 5.75 Å². The highest BCUT2D eigenvalue weighted by molar-refractivity contribution is 5.28. The molecule has 2 rings (SSSR count). The van der Waals surface area contributed by atoms with Crippen LogP contribution in [-0.4, -0.2) is 12.1 Å². The molecule has 1 aliphatic carbocycles. The van der Waals surface area contributed by atoms with Crippen molar-refractivity contribution < 1.29 is 4.74 Å². The fraction of sp³-hybridized carbons (Fsp3) is 0.647. The van der Waals surface area contributed by atoms with Crippen molar-refractivity contribution in [3.8, 4) is 5.75 Å². The summed E-state index contributed by atoms with van der Waals surface area (Å²) in [6.45, 7) is 7.03. The van der Waals surface area contributed by atoms with Crippen LogP contribution < -0.4 is 10.5 Å². The summed E-state index contributed by atoms with van der Waals surface area (Å²) in [5.74, 6) is 0.949. The molecule has 0 aliphatic heterocycles. The van der Waals surface area contributed by atoms with Gasteiger partial charge in [-0.15, -0.1) is 0 Å². The molecule has 1 aromatic rings. The highest BCUT2D eigenvalue weighted by Gasteiger charge is 2.32. The molecule has 0 heterocycles. The minimum Gasteiger partial charge on any atom is -0.488 e. The summed E-state index contributed by atoms with van der Waals surface area (Å²) in [6, 6.07) is 8.55. The van der Waals surface area contributed by atoms with E-state index in [0.29, 0.717) is 5.41 Å². The Balaban J connectivity index is 2.02. The van der Waals surface area contributed by atoms with Crippen LogP contribution in [0.1, 0.15) is 52.0 Å². The Bertz CT molecular complexity index is 396. The molecule has 1 aromatic carbocycles. The van der Waals surface area contributed by atoms with Crippen LogP contribution in [-0.2, 0) is 6.42 Å². The number of hydrogen-bond donors (Lipinski definition) is 1. The number of nitrogens with two attached hydrogens (primary N) is 1. The summed E-state index contributed by atoms with van der Waals surface area (Å²) < 4.78 is 5.85. The second kappa shape index (κ2) is 5.54. The van der Waals surface area contributed by atoms with E-state index in [-0.39, 0.29) is 5.60 Å². The Labute approximate surface area is 117 Å². The van der Waals surface area contributed by atoms with Crippen LogP contribution in [0.25, 0.3) is 0 Å². The Hall–Kier alpha value is -1.02. The van der Waals surface area contributed by atoms with Gasteiger partial charge >= 0.3 is 0 Å². The molecule has 2 nitrogen and oxygen atoms in total. The quantitative estimate of drug-likeness (QED) is 0.891. The molecular formula is C17H27NO. The molecule has 0 unspecified atom stereocenters. The van der Waals surface area contributed by atoms with Crippen molar-refractivity contribution >= 4 is 0 Å². The van der Waals surface area contributed by atoms with E-state index in [1.807, 2.05) is 0 Å². The molecule has 0 bridgehead atoms. The molecule has 0 radical (unpaired) electrons. The molecule has 19 heavy (non-hydrogen) atoms. The lowest BCUT2D eigenvalue weighted by molar-refractivity contribution is 0.131. The maximum Gasteiger partial charge on any atom is 0.120 e. The second-order valence-corrected chi connectivity index (χ2v) is 6.95. The zero-order valence-corrected chi connectivity index (χ0v) is 12.5. The van der Waals surface area contributed by atoms with E-state index in [0.717, 1.165) is 18.7 Å². The number of benzene rings is 1. The van der Waals surface area contributed by atoms with Crippen LogP contribution >= 0.6 is 0 Å². The molecule has 0 aromatic heterocycles. The van der Waals surface area contributed by atoms with Gasteiger partial charge in [0.05, 0.1) is 0 Å². The van der Waals surface area contributed by atoms with Gasteiger partial charge in [-0.1, -0.05) is 25.0 Å². The minimum absolute atomic E-state index is 0.133. The van der Waals surface area contributed by atoms with E-state index in [9.17, 15) is 0 Å². The first-order valence-electron chi connectivity index (χ1n) is 7.41. The standard InChI is InChI=1S/C17H27NO/c1-16(2,3)19-15-8-6-14(7-9-15)12-17(13-18)10-4-5-11-17/h6-9H,4-5,10-13,18H2,1-3H3. The maximum absolute atomic E-state index is 6.01. The predicted molar refractivity (Wildman–Crippen MR) is 80.5 cm³/mol. The van der Waals surface area contributed by atoms with Crippen molar-refractivity contribution in [3.05, 3.63) is 29.8 Å². The third-order valence-corrected chi connectivity index (χ3v) is 4.02. The fourth-order valence-electron chi connectivity index (χ4n) is 3.04. The first-order valence-corrected chi connectivity index (χ1v) is 7.41. The first-order chi connectivity index (χ1) is 8.92. The zero-order valence-electron chi connectivity index (χ0n) is 12.5. The Morgan fingerprint density at radius 3 is 2.16 bits per heavy atom. The Morgan fingerprint density at radius 2 is 1.68 bits per heavy atom.